The summed E-state index contributed by atoms with van der Waals surface area (Å²) in [6.07, 6.45) is 3.96. The van der Waals surface area contributed by atoms with Crippen molar-refractivity contribution in [1.82, 2.24) is 9.97 Å². The zero-order valence-electron chi connectivity index (χ0n) is 8.78. The molecule has 17 heavy (non-hydrogen) atoms. The van der Waals surface area contributed by atoms with Crippen LogP contribution in [0.2, 0.25) is 10.0 Å². The van der Waals surface area contributed by atoms with Crippen molar-refractivity contribution in [3.05, 3.63) is 58.1 Å². The van der Waals surface area contributed by atoms with Crippen molar-refractivity contribution in [1.29, 1.82) is 0 Å². The van der Waals surface area contributed by atoms with Crippen LogP contribution in [0.25, 0.3) is 0 Å². The van der Waals surface area contributed by atoms with E-state index in [1.165, 1.54) is 0 Å². The second-order valence-corrected chi connectivity index (χ2v) is 4.87. The minimum atomic E-state index is -0.270. The fourth-order valence-electron chi connectivity index (χ4n) is 1.44. The van der Waals surface area contributed by atoms with Gasteiger partial charge in [-0.3, -0.25) is 0 Å². The van der Waals surface area contributed by atoms with Gasteiger partial charge in [0.1, 0.15) is 5.82 Å². The molecule has 0 aliphatic heterocycles. The topological polar surface area (TPSA) is 25.8 Å². The van der Waals surface area contributed by atoms with Gasteiger partial charge in [0, 0.05) is 12.4 Å². The summed E-state index contributed by atoms with van der Waals surface area (Å²) in [5.74, 6) is 0.611. The quantitative estimate of drug-likeness (QED) is 0.786. The first-order valence-electron chi connectivity index (χ1n) is 5.01. The molecule has 0 fully saturated rings. The van der Waals surface area contributed by atoms with Gasteiger partial charge in [0.25, 0.3) is 0 Å². The van der Waals surface area contributed by atoms with Crippen LogP contribution in [-0.4, -0.2) is 9.97 Å². The van der Waals surface area contributed by atoms with Crippen LogP contribution in [0.15, 0.2) is 36.7 Å². The Morgan fingerprint density at radius 1 is 1.06 bits per heavy atom. The van der Waals surface area contributed by atoms with E-state index < -0.39 is 0 Å². The molecule has 2 rings (SSSR count). The van der Waals surface area contributed by atoms with Crippen molar-refractivity contribution < 1.29 is 0 Å². The first kappa shape index (κ1) is 12.6. The number of benzene rings is 1. The largest absolute Gasteiger partial charge is 0.240 e. The molecule has 0 radical (unpaired) electrons. The minimum Gasteiger partial charge on any atom is -0.240 e. The van der Waals surface area contributed by atoms with Crippen molar-refractivity contribution in [2.24, 2.45) is 0 Å². The highest BCUT2D eigenvalue weighted by Gasteiger charge is 2.12. The predicted molar refractivity (Wildman–Crippen MR) is 70.8 cm³/mol. The fourth-order valence-corrected chi connectivity index (χ4v) is 2.05. The zero-order valence-corrected chi connectivity index (χ0v) is 11.0. The van der Waals surface area contributed by atoms with Crippen molar-refractivity contribution in [2.45, 2.75) is 11.8 Å². The molecular formula is C12H9Cl3N2. The third kappa shape index (κ3) is 3.32. The number of rotatable bonds is 3. The zero-order chi connectivity index (χ0) is 12.3. The van der Waals surface area contributed by atoms with E-state index >= 15 is 0 Å². The molecule has 1 unspecified atom stereocenters. The van der Waals surface area contributed by atoms with Crippen molar-refractivity contribution in [3.8, 4) is 0 Å². The van der Waals surface area contributed by atoms with Crippen molar-refractivity contribution >= 4 is 34.8 Å². The molecule has 2 aromatic rings. The second kappa shape index (κ2) is 5.67. The molecule has 88 valence electrons. The lowest BCUT2D eigenvalue weighted by Crippen LogP contribution is -2.01. The Morgan fingerprint density at radius 2 is 1.76 bits per heavy atom. The van der Waals surface area contributed by atoms with Gasteiger partial charge in [-0.05, 0) is 30.2 Å². The Balaban J connectivity index is 2.13. The fraction of sp³-hybridized carbons (Fsp3) is 0.167. The van der Waals surface area contributed by atoms with E-state index in [-0.39, 0.29) is 5.38 Å². The van der Waals surface area contributed by atoms with Crippen molar-refractivity contribution in [3.63, 3.8) is 0 Å². The van der Waals surface area contributed by atoms with Crippen LogP contribution < -0.4 is 0 Å². The monoisotopic (exact) mass is 286 g/mol. The number of alkyl halides is 1. The molecule has 5 heteroatoms. The van der Waals surface area contributed by atoms with Crippen molar-refractivity contribution in [2.75, 3.05) is 0 Å². The Kier molecular flexibility index (Phi) is 4.21. The van der Waals surface area contributed by atoms with Crippen LogP contribution in [0, 0.1) is 0 Å². The molecule has 0 spiro atoms. The molecule has 0 aliphatic carbocycles. The van der Waals surface area contributed by atoms with Crippen LogP contribution >= 0.6 is 34.8 Å². The number of hydrogen-bond acceptors (Lipinski definition) is 2. The van der Waals surface area contributed by atoms with Gasteiger partial charge < -0.3 is 0 Å². The SMILES string of the molecule is Clc1ccc(CC(Cl)c2ncccn2)cc1Cl. The molecule has 1 aromatic heterocycles. The van der Waals surface area contributed by atoms with Gasteiger partial charge in [0.15, 0.2) is 0 Å². The van der Waals surface area contributed by atoms with Crippen LogP contribution in [-0.2, 0) is 6.42 Å². The summed E-state index contributed by atoms with van der Waals surface area (Å²) in [6.45, 7) is 0. The molecule has 1 aromatic carbocycles. The first-order chi connectivity index (χ1) is 8.16. The summed E-state index contributed by atoms with van der Waals surface area (Å²) < 4.78 is 0. The maximum Gasteiger partial charge on any atom is 0.146 e. The summed E-state index contributed by atoms with van der Waals surface area (Å²) in [6, 6.07) is 7.22. The van der Waals surface area contributed by atoms with Gasteiger partial charge >= 0.3 is 0 Å². The van der Waals surface area contributed by atoms with E-state index in [1.54, 1.807) is 24.5 Å². The van der Waals surface area contributed by atoms with Gasteiger partial charge in [-0.25, -0.2) is 9.97 Å². The maximum atomic E-state index is 6.23. The maximum absolute atomic E-state index is 6.23. The van der Waals surface area contributed by atoms with E-state index in [4.69, 9.17) is 34.8 Å². The van der Waals surface area contributed by atoms with E-state index in [1.807, 2.05) is 12.1 Å². The highest BCUT2D eigenvalue weighted by Crippen LogP contribution is 2.27. The average molecular weight is 288 g/mol. The van der Waals surface area contributed by atoms with Crippen LogP contribution in [0.4, 0.5) is 0 Å². The Bertz CT molecular complexity index is 502. The highest BCUT2D eigenvalue weighted by molar-refractivity contribution is 6.42. The Hall–Kier alpha value is -0.830. The molecule has 1 atom stereocenters. The predicted octanol–water partition coefficient (Wildman–Crippen LogP) is 4.31. The molecular weight excluding hydrogens is 279 g/mol. The first-order valence-corrected chi connectivity index (χ1v) is 6.21. The summed E-state index contributed by atoms with van der Waals surface area (Å²) in [4.78, 5) is 8.23. The van der Waals surface area contributed by atoms with E-state index in [0.29, 0.717) is 22.3 Å². The highest BCUT2D eigenvalue weighted by atomic mass is 35.5. The Labute approximate surface area is 115 Å². The third-order valence-electron chi connectivity index (χ3n) is 2.26. The molecule has 0 bridgehead atoms. The summed E-state index contributed by atoms with van der Waals surface area (Å²) in [5, 5.41) is 0.799. The summed E-state index contributed by atoms with van der Waals surface area (Å²) in [7, 11) is 0. The number of aromatic nitrogens is 2. The molecule has 2 nitrogen and oxygen atoms in total. The van der Waals surface area contributed by atoms with Crippen LogP contribution in [0.3, 0.4) is 0 Å². The molecule has 0 saturated heterocycles. The molecule has 0 saturated carbocycles. The summed E-state index contributed by atoms with van der Waals surface area (Å²) >= 11 is 18.0. The lowest BCUT2D eigenvalue weighted by atomic mass is 10.1. The van der Waals surface area contributed by atoms with E-state index in [2.05, 4.69) is 9.97 Å². The van der Waals surface area contributed by atoms with Gasteiger partial charge in [0.2, 0.25) is 0 Å². The second-order valence-electron chi connectivity index (χ2n) is 3.53. The molecule has 0 N–H and O–H groups in total. The third-order valence-corrected chi connectivity index (χ3v) is 3.35. The normalized spacial score (nSPS) is 12.4. The Morgan fingerprint density at radius 3 is 2.41 bits per heavy atom. The van der Waals surface area contributed by atoms with Gasteiger partial charge in [0.05, 0.1) is 15.4 Å². The molecule has 0 amide bonds. The smallest absolute Gasteiger partial charge is 0.146 e. The molecule has 0 aliphatic rings. The van der Waals surface area contributed by atoms with Gasteiger partial charge in [-0.15, -0.1) is 11.6 Å². The number of nitrogens with zero attached hydrogens (tertiary/aromatic N) is 2. The minimum absolute atomic E-state index is 0.270. The van der Waals surface area contributed by atoms with Crippen LogP contribution in [0.5, 0.6) is 0 Å². The average Bonchev–Trinajstić information content (AvgIpc) is 2.35. The molecule has 1 heterocycles. The lowest BCUT2D eigenvalue weighted by Gasteiger charge is -2.08. The van der Waals surface area contributed by atoms with E-state index in [9.17, 15) is 0 Å². The standard InChI is InChI=1S/C12H9Cl3N2/c13-9-3-2-8(6-10(9)14)7-11(15)12-16-4-1-5-17-12/h1-6,11H,7H2. The number of hydrogen-bond donors (Lipinski definition) is 0. The van der Waals surface area contributed by atoms with Crippen LogP contribution in [0.1, 0.15) is 16.8 Å². The number of halogens is 3. The summed E-state index contributed by atoms with van der Waals surface area (Å²) in [5.41, 5.74) is 1.01. The van der Waals surface area contributed by atoms with Gasteiger partial charge in [-0.1, -0.05) is 29.3 Å². The lowest BCUT2D eigenvalue weighted by molar-refractivity contribution is 0.826. The van der Waals surface area contributed by atoms with E-state index in [0.717, 1.165) is 5.56 Å². The van der Waals surface area contributed by atoms with Gasteiger partial charge in [-0.2, -0.15) is 0 Å².